The zero-order valence-electron chi connectivity index (χ0n) is 13.0. The highest BCUT2D eigenvalue weighted by Gasteiger charge is 2.10. The lowest BCUT2D eigenvalue weighted by Crippen LogP contribution is -1.98. The Kier molecular flexibility index (Phi) is 4.37. The van der Waals surface area contributed by atoms with Gasteiger partial charge in [0, 0.05) is 18.5 Å². The molecule has 23 heavy (non-hydrogen) atoms. The van der Waals surface area contributed by atoms with E-state index in [1.165, 1.54) is 6.07 Å². The molecule has 2 heterocycles. The molecule has 0 fully saturated rings. The molecular formula is C18H17FN2O2. The first-order valence-electron chi connectivity index (χ1n) is 7.49. The van der Waals surface area contributed by atoms with Crippen molar-refractivity contribution >= 4 is 10.9 Å². The van der Waals surface area contributed by atoms with Crippen LogP contribution in [-0.2, 0) is 0 Å². The van der Waals surface area contributed by atoms with Crippen molar-refractivity contribution < 1.29 is 13.9 Å². The molecular weight excluding hydrogens is 295 g/mol. The highest BCUT2D eigenvalue weighted by molar-refractivity contribution is 5.84. The fraction of sp³-hybridized carbons (Fsp3) is 0.222. The molecule has 0 saturated carbocycles. The fourth-order valence-corrected chi connectivity index (χ4v) is 2.18. The highest BCUT2D eigenvalue weighted by atomic mass is 19.1. The summed E-state index contributed by atoms with van der Waals surface area (Å²) in [5.41, 5.74) is 1.53. The van der Waals surface area contributed by atoms with E-state index in [1.54, 1.807) is 36.7 Å². The first-order valence-corrected chi connectivity index (χ1v) is 7.49. The molecule has 2 aromatic heterocycles. The van der Waals surface area contributed by atoms with Gasteiger partial charge in [0.1, 0.15) is 5.75 Å². The molecule has 5 heteroatoms. The van der Waals surface area contributed by atoms with Gasteiger partial charge in [-0.3, -0.25) is 4.98 Å². The van der Waals surface area contributed by atoms with Crippen LogP contribution in [0.25, 0.3) is 10.9 Å². The summed E-state index contributed by atoms with van der Waals surface area (Å²) in [4.78, 5) is 8.54. The Morgan fingerprint density at radius 2 is 1.96 bits per heavy atom. The van der Waals surface area contributed by atoms with Crippen LogP contribution in [-0.4, -0.2) is 16.6 Å². The average Bonchev–Trinajstić information content (AvgIpc) is 2.55. The van der Waals surface area contributed by atoms with Crippen LogP contribution in [0.1, 0.15) is 18.9 Å². The lowest BCUT2D eigenvalue weighted by molar-refractivity contribution is 0.306. The Hall–Kier alpha value is -2.69. The Bertz CT molecular complexity index is 836. The summed E-state index contributed by atoms with van der Waals surface area (Å²) in [6, 6.07) is 8.30. The number of nitrogens with zero attached hydrogens (tertiary/aromatic N) is 2. The van der Waals surface area contributed by atoms with E-state index in [1.807, 2.05) is 13.8 Å². The van der Waals surface area contributed by atoms with Gasteiger partial charge in [0.05, 0.1) is 17.5 Å². The molecule has 0 atom stereocenters. The molecule has 0 saturated heterocycles. The van der Waals surface area contributed by atoms with Gasteiger partial charge < -0.3 is 9.47 Å². The predicted octanol–water partition coefficient (Wildman–Crippen LogP) is 4.66. The van der Waals surface area contributed by atoms with Crippen LogP contribution < -0.4 is 9.47 Å². The first-order chi connectivity index (χ1) is 11.2. The summed E-state index contributed by atoms with van der Waals surface area (Å²) >= 11 is 0. The standard InChI is InChI=1S/C18H17FN2O2/c1-3-8-22-18-10-15-13(11-21-18)16(6-7-20-15)23-17-5-4-12(2)9-14(17)19/h4-7,9-11H,3,8H2,1-2H3. The number of benzene rings is 1. The number of aryl methyl sites for hydroxylation is 1. The molecule has 3 rings (SSSR count). The van der Waals surface area contributed by atoms with Gasteiger partial charge in [-0.05, 0) is 37.1 Å². The molecule has 0 amide bonds. The predicted molar refractivity (Wildman–Crippen MR) is 86.5 cm³/mol. The number of hydrogen-bond acceptors (Lipinski definition) is 4. The van der Waals surface area contributed by atoms with Crippen molar-refractivity contribution in [2.45, 2.75) is 20.3 Å². The van der Waals surface area contributed by atoms with Crippen LogP contribution in [0.15, 0.2) is 42.7 Å². The third-order valence-electron chi connectivity index (χ3n) is 3.32. The van der Waals surface area contributed by atoms with Gasteiger partial charge in [-0.1, -0.05) is 13.0 Å². The second kappa shape index (κ2) is 6.60. The summed E-state index contributed by atoms with van der Waals surface area (Å²) < 4.78 is 25.2. The van der Waals surface area contributed by atoms with Crippen molar-refractivity contribution in [1.82, 2.24) is 9.97 Å². The molecule has 0 aliphatic rings. The van der Waals surface area contributed by atoms with Crippen molar-refractivity contribution in [3.63, 3.8) is 0 Å². The quantitative estimate of drug-likeness (QED) is 0.687. The molecule has 0 aliphatic heterocycles. The first kappa shape index (κ1) is 15.2. The summed E-state index contributed by atoms with van der Waals surface area (Å²) in [5.74, 6) is 0.804. The van der Waals surface area contributed by atoms with Crippen LogP contribution in [0.4, 0.5) is 4.39 Å². The van der Waals surface area contributed by atoms with E-state index in [4.69, 9.17) is 9.47 Å². The van der Waals surface area contributed by atoms with Gasteiger partial charge in [0.2, 0.25) is 5.88 Å². The molecule has 0 N–H and O–H groups in total. The molecule has 0 unspecified atom stereocenters. The lowest BCUT2D eigenvalue weighted by Gasteiger charge is -2.10. The van der Waals surface area contributed by atoms with Gasteiger partial charge in [-0.15, -0.1) is 0 Å². The number of fused-ring (bicyclic) bond motifs is 1. The van der Waals surface area contributed by atoms with Crippen LogP contribution in [0.2, 0.25) is 0 Å². The number of ether oxygens (including phenoxy) is 2. The van der Waals surface area contributed by atoms with Crippen LogP contribution in [0.5, 0.6) is 17.4 Å². The lowest BCUT2D eigenvalue weighted by atomic mass is 10.2. The molecule has 1 aromatic carbocycles. The summed E-state index contributed by atoms with van der Waals surface area (Å²) in [7, 11) is 0. The van der Waals surface area contributed by atoms with Crippen LogP contribution in [0, 0.1) is 12.7 Å². The Morgan fingerprint density at radius 1 is 1.09 bits per heavy atom. The van der Waals surface area contributed by atoms with Crippen LogP contribution >= 0.6 is 0 Å². The van der Waals surface area contributed by atoms with E-state index < -0.39 is 5.82 Å². The van der Waals surface area contributed by atoms with E-state index in [-0.39, 0.29) is 5.75 Å². The minimum atomic E-state index is -0.397. The Labute approximate surface area is 133 Å². The van der Waals surface area contributed by atoms with Gasteiger partial charge in [-0.2, -0.15) is 0 Å². The number of pyridine rings is 2. The smallest absolute Gasteiger partial charge is 0.215 e. The van der Waals surface area contributed by atoms with Gasteiger partial charge >= 0.3 is 0 Å². The second-order valence-electron chi connectivity index (χ2n) is 5.23. The Morgan fingerprint density at radius 3 is 2.74 bits per heavy atom. The van der Waals surface area contributed by atoms with Gasteiger partial charge in [0.25, 0.3) is 0 Å². The summed E-state index contributed by atoms with van der Waals surface area (Å²) in [5, 5.41) is 0.705. The molecule has 0 aliphatic carbocycles. The topological polar surface area (TPSA) is 44.2 Å². The molecule has 0 radical (unpaired) electrons. The van der Waals surface area contributed by atoms with E-state index in [0.29, 0.717) is 29.1 Å². The van der Waals surface area contributed by atoms with E-state index in [2.05, 4.69) is 9.97 Å². The highest BCUT2D eigenvalue weighted by Crippen LogP contribution is 2.31. The van der Waals surface area contributed by atoms with Crippen LogP contribution in [0.3, 0.4) is 0 Å². The van der Waals surface area contributed by atoms with E-state index in [0.717, 1.165) is 12.0 Å². The maximum atomic E-state index is 14.0. The number of aromatic nitrogens is 2. The minimum Gasteiger partial charge on any atom is -0.478 e. The number of rotatable bonds is 5. The van der Waals surface area contributed by atoms with Gasteiger partial charge in [0.15, 0.2) is 11.6 Å². The number of halogens is 1. The third-order valence-corrected chi connectivity index (χ3v) is 3.32. The zero-order valence-corrected chi connectivity index (χ0v) is 13.0. The largest absolute Gasteiger partial charge is 0.478 e. The molecule has 4 nitrogen and oxygen atoms in total. The molecule has 0 bridgehead atoms. The molecule has 0 spiro atoms. The van der Waals surface area contributed by atoms with Crippen molar-refractivity contribution in [2.24, 2.45) is 0 Å². The Balaban J connectivity index is 1.94. The van der Waals surface area contributed by atoms with Gasteiger partial charge in [-0.25, -0.2) is 9.37 Å². The maximum absolute atomic E-state index is 14.0. The average molecular weight is 312 g/mol. The van der Waals surface area contributed by atoms with E-state index >= 15 is 0 Å². The van der Waals surface area contributed by atoms with Crippen molar-refractivity contribution in [1.29, 1.82) is 0 Å². The minimum absolute atomic E-state index is 0.175. The SMILES string of the molecule is CCCOc1cc2nccc(Oc3ccc(C)cc3F)c2cn1. The van der Waals surface area contributed by atoms with E-state index in [9.17, 15) is 4.39 Å². The molecule has 3 aromatic rings. The monoisotopic (exact) mass is 312 g/mol. The van der Waals surface area contributed by atoms with Crippen molar-refractivity contribution in [3.8, 4) is 17.4 Å². The normalized spacial score (nSPS) is 10.7. The zero-order chi connectivity index (χ0) is 16.2. The second-order valence-corrected chi connectivity index (χ2v) is 5.23. The fourth-order valence-electron chi connectivity index (χ4n) is 2.18. The number of hydrogen-bond donors (Lipinski definition) is 0. The summed E-state index contributed by atoms with van der Waals surface area (Å²) in [6.07, 6.45) is 4.16. The third kappa shape index (κ3) is 3.39. The maximum Gasteiger partial charge on any atom is 0.215 e. The van der Waals surface area contributed by atoms with Crippen molar-refractivity contribution in [2.75, 3.05) is 6.61 Å². The molecule has 118 valence electrons. The summed E-state index contributed by atoms with van der Waals surface area (Å²) in [6.45, 7) is 4.46. The van der Waals surface area contributed by atoms with Crippen molar-refractivity contribution in [3.05, 3.63) is 54.1 Å².